The highest BCUT2D eigenvalue weighted by atomic mass is 16.5. The molecule has 0 spiro atoms. The smallest absolute Gasteiger partial charge is 0.261 e. The van der Waals surface area contributed by atoms with Crippen LogP contribution in [0.25, 0.3) is 0 Å². The van der Waals surface area contributed by atoms with E-state index in [1.807, 2.05) is 55.5 Å². The van der Waals surface area contributed by atoms with E-state index in [1.54, 1.807) is 18.9 Å². The van der Waals surface area contributed by atoms with Crippen molar-refractivity contribution in [1.29, 1.82) is 0 Å². The van der Waals surface area contributed by atoms with Crippen molar-refractivity contribution in [1.82, 2.24) is 10.2 Å². The van der Waals surface area contributed by atoms with Crippen molar-refractivity contribution in [3.63, 3.8) is 0 Å². The first-order chi connectivity index (χ1) is 14.9. The molecular weight excluding hydrogens is 392 g/mol. The van der Waals surface area contributed by atoms with E-state index < -0.39 is 6.04 Å². The molecule has 168 valence electrons. The average molecular weight is 427 g/mol. The first kappa shape index (κ1) is 24.3. The van der Waals surface area contributed by atoms with Gasteiger partial charge in [0.1, 0.15) is 17.5 Å². The molecule has 6 nitrogen and oxygen atoms in total. The maximum absolute atomic E-state index is 13.2. The van der Waals surface area contributed by atoms with Crippen LogP contribution in [-0.2, 0) is 16.1 Å². The van der Waals surface area contributed by atoms with Crippen molar-refractivity contribution in [2.24, 2.45) is 0 Å². The Labute approximate surface area is 185 Å². The van der Waals surface area contributed by atoms with Crippen LogP contribution in [0.5, 0.6) is 11.5 Å². The van der Waals surface area contributed by atoms with Crippen molar-refractivity contribution < 1.29 is 19.1 Å². The summed E-state index contributed by atoms with van der Waals surface area (Å²) in [5.41, 5.74) is 1.92. The van der Waals surface area contributed by atoms with Crippen molar-refractivity contribution in [2.75, 3.05) is 20.3 Å². The average Bonchev–Trinajstić information content (AvgIpc) is 2.79. The number of nitrogens with one attached hydrogen (secondary N) is 1. The lowest BCUT2D eigenvalue weighted by Crippen LogP contribution is -2.49. The second-order valence-electron chi connectivity index (χ2n) is 7.82. The number of hydrogen-bond donors (Lipinski definition) is 1. The first-order valence-corrected chi connectivity index (χ1v) is 10.8. The van der Waals surface area contributed by atoms with Gasteiger partial charge in [0.15, 0.2) is 6.61 Å². The molecular formula is C25H34N2O4. The van der Waals surface area contributed by atoms with Gasteiger partial charge in [0.2, 0.25) is 5.91 Å². The zero-order valence-electron chi connectivity index (χ0n) is 19.2. The maximum atomic E-state index is 13.2. The van der Waals surface area contributed by atoms with Crippen molar-refractivity contribution in [2.45, 2.75) is 52.6 Å². The molecule has 2 aromatic rings. The molecule has 6 heteroatoms. The lowest BCUT2D eigenvalue weighted by atomic mass is 10.0. The third kappa shape index (κ3) is 7.02. The molecule has 0 aliphatic carbocycles. The lowest BCUT2D eigenvalue weighted by Gasteiger charge is -2.29. The van der Waals surface area contributed by atoms with E-state index in [1.165, 1.54) is 0 Å². The van der Waals surface area contributed by atoms with E-state index in [9.17, 15) is 9.59 Å². The molecule has 2 amide bonds. The minimum atomic E-state index is -0.630. The molecule has 0 aromatic heterocycles. The fourth-order valence-corrected chi connectivity index (χ4v) is 3.26. The Morgan fingerprint density at radius 1 is 1.06 bits per heavy atom. The van der Waals surface area contributed by atoms with Gasteiger partial charge in [0.25, 0.3) is 5.91 Å². The number of methoxy groups -OCH3 is 1. The zero-order chi connectivity index (χ0) is 22.8. The molecule has 31 heavy (non-hydrogen) atoms. The second-order valence-corrected chi connectivity index (χ2v) is 7.82. The van der Waals surface area contributed by atoms with Crippen LogP contribution in [0.2, 0.25) is 0 Å². The fourth-order valence-electron chi connectivity index (χ4n) is 3.26. The summed E-state index contributed by atoms with van der Waals surface area (Å²) >= 11 is 0. The van der Waals surface area contributed by atoms with Gasteiger partial charge in [-0.05, 0) is 48.6 Å². The quantitative estimate of drug-likeness (QED) is 0.586. The molecule has 0 saturated heterocycles. The molecule has 0 fully saturated rings. The van der Waals surface area contributed by atoms with Crippen LogP contribution in [0.15, 0.2) is 48.5 Å². The number of benzene rings is 2. The van der Waals surface area contributed by atoms with Crippen molar-refractivity contribution in [3.8, 4) is 11.5 Å². The summed E-state index contributed by atoms with van der Waals surface area (Å²) in [5.74, 6) is 1.24. The Balaban J connectivity index is 2.20. The highest BCUT2D eigenvalue weighted by Gasteiger charge is 2.26. The predicted octanol–water partition coefficient (Wildman–Crippen LogP) is 4.14. The van der Waals surface area contributed by atoms with E-state index in [4.69, 9.17) is 9.47 Å². The number of para-hydroxylation sites is 1. The third-order valence-electron chi connectivity index (χ3n) is 5.10. The Kier molecular flexibility index (Phi) is 9.38. The number of nitrogens with zero attached hydrogens (tertiary/aromatic N) is 1. The van der Waals surface area contributed by atoms with Gasteiger partial charge in [-0.2, -0.15) is 0 Å². The Bertz CT molecular complexity index is 866. The van der Waals surface area contributed by atoms with Crippen LogP contribution >= 0.6 is 0 Å². The number of amides is 2. The largest absolute Gasteiger partial charge is 0.497 e. The molecule has 0 saturated carbocycles. The van der Waals surface area contributed by atoms with Gasteiger partial charge in [0.05, 0.1) is 7.11 Å². The van der Waals surface area contributed by atoms with Crippen LogP contribution in [0.1, 0.15) is 51.2 Å². The molecule has 0 aliphatic rings. The number of rotatable bonds is 11. The van der Waals surface area contributed by atoms with Crippen LogP contribution in [-0.4, -0.2) is 43.0 Å². The number of hydrogen-bond acceptors (Lipinski definition) is 4. The van der Waals surface area contributed by atoms with Gasteiger partial charge in [-0.1, -0.05) is 51.1 Å². The monoisotopic (exact) mass is 426 g/mol. The third-order valence-corrected chi connectivity index (χ3v) is 5.10. The van der Waals surface area contributed by atoms with Crippen molar-refractivity contribution in [3.05, 3.63) is 59.7 Å². The van der Waals surface area contributed by atoms with Crippen molar-refractivity contribution >= 4 is 11.8 Å². The summed E-state index contributed by atoms with van der Waals surface area (Å²) in [6.45, 7) is 8.61. The summed E-state index contributed by atoms with van der Waals surface area (Å²) in [6.07, 6.45) is 0.831. The minimum absolute atomic E-state index is 0.140. The summed E-state index contributed by atoms with van der Waals surface area (Å²) < 4.78 is 11.2. The maximum Gasteiger partial charge on any atom is 0.261 e. The molecule has 1 N–H and O–H groups in total. The molecule has 2 rings (SSSR count). The normalized spacial score (nSPS) is 11.7. The van der Waals surface area contributed by atoms with E-state index in [0.29, 0.717) is 18.0 Å². The van der Waals surface area contributed by atoms with Crippen LogP contribution in [0.4, 0.5) is 0 Å². The number of ether oxygens (including phenoxy) is 2. The van der Waals surface area contributed by atoms with E-state index in [-0.39, 0.29) is 30.9 Å². The van der Waals surface area contributed by atoms with Crippen LogP contribution in [0.3, 0.4) is 0 Å². The van der Waals surface area contributed by atoms with E-state index in [2.05, 4.69) is 19.2 Å². The van der Waals surface area contributed by atoms with Gasteiger partial charge < -0.3 is 19.7 Å². The zero-order valence-corrected chi connectivity index (χ0v) is 19.2. The molecule has 0 unspecified atom stereocenters. The topological polar surface area (TPSA) is 67.9 Å². The molecule has 1 atom stereocenters. The summed E-state index contributed by atoms with van der Waals surface area (Å²) in [6, 6.07) is 14.6. The van der Waals surface area contributed by atoms with Gasteiger partial charge in [-0.25, -0.2) is 0 Å². The lowest BCUT2D eigenvalue weighted by molar-refractivity contribution is -0.142. The molecule has 0 radical (unpaired) electrons. The summed E-state index contributed by atoms with van der Waals surface area (Å²) in [4.78, 5) is 27.3. The molecule has 0 bridgehead atoms. The Hall–Kier alpha value is -3.02. The Morgan fingerprint density at radius 2 is 1.81 bits per heavy atom. The van der Waals surface area contributed by atoms with Gasteiger partial charge in [0, 0.05) is 13.1 Å². The number of carbonyl (C=O) groups is 2. The fraction of sp³-hybridized carbons (Fsp3) is 0.440. The Morgan fingerprint density at radius 3 is 2.48 bits per heavy atom. The first-order valence-electron chi connectivity index (χ1n) is 10.8. The summed E-state index contributed by atoms with van der Waals surface area (Å²) in [7, 11) is 1.60. The number of carbonyl (C=O) groups excluding carboxylic acids is 2. The highest BCUT2D eigenvalue weighted by molar-refractivity contribution is 5.88. The summed E-state index contributed by atoms with van der Waals surface area (Å²) in [5, 5.41) is 2.88. The standard InChI is InChI=1S/C25H34N2O4/c1-6-14-26-25(29)19(4)27(16-20-10-9-11-21(15-20)30-5)24(28)17-31-23-13-8-7-12-22(23)18(2)3/h7-13,15,18-19H,6,14,16-17H2,1-5H3,(H,26,29)/t19-/m0/s1. The van der Waals surface area contributed by atoms with Crippen LogP contribution < -0.4 is 14.8 Å². The molecule has 0 heterocycles. The van der Waals surface area contributed by atoms with E-state index in [0.717, 1.165) is 17.5 Å². The van der Waals surface area contributed by atoms with Gasteiger partial charge >= 0.3 is 0 Å². The molecule has 2 aromatic carbocycles. The second kappa shape index (κ2) is 12.0. The SMILES string of the molecule is CCCNC(=O)[C@H](C)N(Cc1cccc(OC)c1)C(=O)COc1ccccc1C(C)C. The van der Waals surface area contributed by atoms with E-state index >= 15 is 0 Å². The van der Waals surface area contributed by atoms with Crippen LogP contribution in [0, 0.1) is 0 Å². The molecule has 0 aliphatic heterocycles. The van der Waals surface area contributed by atoms with Gasteiger partial charge in [-0.3, -0.25) is 9.59 Å². The highest BCUT2D eigenvalue weighted by Crippen LogP contribution is 2.26. The van der Waals surface area contributed by atoms with Gasteiger partial charge in [-0.15, -0.1) is 0 Å². The predicted molar refractivity (Wildman–Crippen MR) is 122 cm³/mol. The minimum Gasteiger partial charge on any atom is -0.497 e.